The number of anilines is 1. The third kappa shape index (κ3) is 5.92. The number of pyridine rings is 1. The first kappa shape index (κ1) is 15.8. The molecule has 4 nitrogen and oxygen atoms in total. The number of hydrogen-bond acceptors (Lipinski definition) is 4. The van der Waals surface area contributed by atoms with Crippen molar-refractivity contribution in [3.05, 3.63) is 18.2 Å². The highest BCUT2D eigenvalue weighted by molar-refractivity contribution is 5.37. The minimum absolute atomic E-state index is 0.426. The van der Waals surface area contributed by atoms with Crippen LogP contribution in [0, 0.1) is 0 Å². The molecule has 0 amide bonds. The number of ether oxygens (including phenoxy) is 1. The predicted molar refractivity (Wildman–Crippen MR) is 80.9 cm³/mol. The van der Waals surface area contributed by atoms with Gasteiger partial charge in [0.1, 0.15) is 5.82 Å². The molecule has 1 aromatic rings. The van der Waals surface area contributed by atoms with Gasteiger partial charge in [0.05, 0.1) is 7.11 Å². The van der Waals surface area contributed by atoms with Gasteiger partial charge in [0.2, 0.25) is 5.88 Å². The molecule has 0 aliphatic carbocycles. The highest BCUT2D eigenvalue weighted by Gasteiger charge is 2.05. The van der Waals surface area contributed by atoms with Crippen molar-refractivity contribution in [2.24, 2.45) is 0 Å². The third-order valence-corrected chi connectivity index (χ3v) is 3.33. The van der Waals surface area contributed by atoms with E-state index in [9.17, 15) is 0 Å². The van der Waals surface area contributed by atoms with E-state index in [1.165, 1.54) is 13.0 Å². The molecule has 0 bridgehead atoms. The standard InChI is InChI=1S/C15H27N3O/c1-5-18(6-2)12-8-9-13(3)16-14-10-7-11-15(17-14)19-4/h7,10-11,13H,5-6,8-9,12H2,1-4H3,(H,16,17). The lowest BCUT2D eigenvalue weighted by molar-refractivity contribution is 0.295. The van der Waals surface area contributed by atoms with Gasteiger partial charge in [-0.1, -0.05) is 19.9 Å². The molecule has 0 aromatic carbocycles. The van der Waals surface area contributed by atoms with E-state index < -0.39 is 0 Å². The second-order valence-corrected chi connectivity index (χ2v) is 4.78. The molecule has 1 rings (SSSR count). The van der Waals surface area contributed by atoms with E-state index in [1.54, 1.807) is 7.11 Å². The minimum Gasteiger partial charge on any atom is -0.481 e. The Balaban J connectivity index is 2.32. The van der Waals surface area contributed by atoms with Gasteiger partial charge in [-0.05, 0) is 45.5 Å². The highest BCUT2D eigenvalue weighted by Crippen LogP contribution is 2.13. The molecule has 4 heteroatoms. The van der Waals surface area contributed by atoms with Gasteiger partial charge in [0.15, 0.2) is 0 Å². The first-order valence-corrected chi connectivity index (χ1v) is 7.19. The van der Waals surface area contributed by atoms with Crippen LogP contribution in [0.25, 0.3) is 0 Å². The lowest BCUT2D eigenvalue weighted by atomic mass is 10.1. The van der Waals surface area contributed by atoms with E-state index in [0.717, 1.165) is 25.3 Å². The van der Waals surface area contributed by atoms with Crippen molar-refractivity contribution in [2.45, 2.75) is 39.7 Å². The molecular formula is C15H27N3O. The summed E-state index contributed by atoms with van der Waals surface area (Å²) in [5.74, 6) is 1.54. The number of aromatic nitrogens is 1. The lowest BCUT2D eigenvalue weighted by Gasteiger charge is -2.20. The maximum absolute atomic E-state index is 5.12. The second-order valence-electron chi connectivity index (χ2n) is 4.78. The number of nitrogens with zero attached hydrogens (tertiary/aromatic N) is 2. The van der Waals surface area contributed by atoms with Crippen molar-refractivity contribution in [3.8, 4) is 5.88 Å². The van der Waals surface area contributed by atoms with Crippen LogP contribution >= 0.6 is 0 Å². The Morgan fingerprint density at radius 3 is 2.68 bits per heavy atom. The fourth-order valence-electron chi connectivity index (χ4n) is 2.09. The summed E-state index contributed by atoms with van der Waals surface area (Å²) in [6, 6.07) is 6.21. The Morgan fingerprint density at radius 2 is 2.05 bits per heavy atom. The molecular weight excluding hydrogens is 238 g/mol. The summed E-state index contributed by atoms with van der Waals surface area (Å²) in [4.78, 5) is 6.82. The highest BCUT2D eigenvalue weighted by atomic mass is 16.5. The first-order valence-electron chi connectivity index (χ1n) is 7.19. The van der Waals surface area contributed by atoms with Crippen LogP contribution in [0.3, 0.4) is 0 Å². The maximum Gasteiger partial charge on any atom is 0.214 e. The van der Waals surface area contributed by atoms with Crippen molar-refractivity contribution < 1.29 is 4.74 Å². The topological polar surface area (TPSA) is 37.4 Å². The molecule has 1 aromatic heterocycles. The number of rotatable bonds is 9. The summed E-state index contributed by atoms with van der Waals surface area (Å²) >= 11 is 0. The zero-order chi connectivity index (χ0) is 14.1. The van der Waals surface area contributed by atoms with Gasteiger partial charge in [-0.3, -0.25) is 0 Å². The van der Waals surface area contributed by atoms with Crippen molar-refractivity contribution in [1.82, 2.24) is 9.88 Å². The normalized spacial score (nSPS) is 12.5. The average Bonchev–Trinajstić information content (AvgIpc) is 2.44. The van der Waals surface area contributed by atoms with Crippen LogP contribution in [0.15, 0.2) is 18.2 Å². The molecule has 0 saturated heterocycles. The molecule has 1 heterocycles. The van der Waals surface area contributed by atoms with Crippen molar-refractivity contribution in [3.63, 3.8) is 0 Å². The van der Waals surface area contributed by atoms with Crippen molar-refractivity contribution >= 4 is 5.82 Å². The Bertz CT molecular complexity index is 353. The summed E-state index contributed by atoms with van der Waals surface area (Å²) in [6.45, 7) is 10.1. The van der Waals surface area contributed by atoms with Crippen molar-refractivity contribution in [1.29, 1.82) is 0 Å². The van der Waals surface area contributed by atoms with Gasteiger partial charge in [-0.15, -0.1) is 0 Å². The Kier molecular flexibility index (Phi) is 7.26. The molecule has 108 valence electrons. The van der Waals surface area contributed by atoms with E-state index in [0.29, 0.717) is 11.9 Å². The second kappa shape index (κ2) is 8.75. The molecule has 0 spiro atoms. The maximum atomic E-state index is 5.12. The summed E-state index contributed by atoms with van der Waals surface area (Å²) in [5.41, 5.74) is 0. The van der Waals surface area contributed by atoms with Gasteiger partial charge in [0.25, 0.3) is 0 Å². The summed E-state index contributed by atoms with van der Waals surface area (Å²) in [5, 5.41) is 3.42. The van der Waals surface area contributed by atoms with Crippen LogP contribution in [-0.4, -0.2) is 42.7 Å². The Hall–Kier alpha value is -1.29. The molecule has 1 unspecified atom stereocenters. The molecule has 0 aliphatic rings. The summed E-state index contributed by atoms with van der Waals surface area (Å²) in [7, 11) is 1.64. The summed E-state index contributed by atoms with van der Waals surface area (Å²) in [6.07, 6.45) is 2.36. The predicted octanol–water partition coefficient (Wildman–Crippen LogP) is 3.01. The molecule has 0 radical (unpaired) electrons. The smallest absolute Gasteiger partial charge is 0.214 e. The molecule has 0 fully saturated rings. The molecule has 0 aliphatic heterocycles. The van der Waals surface area contributed by atoms with E-state index in [2.05, 4.69) is 36.0 Å². The zero-order valence-corrected chi connectivity index (χ0v) is 12.6. The largest absolute Gasteiger partial charge is 0.481 e. The van der Waals surface area contributed by atoms with Crippen LogP contribution in [0.4, 0.5) is 5.82 Å². The lowest BCUT2D eigenvalue weighted by Crippen LogP contribution is -2.25. The van der Waals surface area contributed by atoms with Gasteiger partial charge in [0, 0.05) is 12.1 Å². The molecule has 19 heavy (non-hydrogen) atoms. The van der Waals surface area contributed by atoms with Crippen LogP contribution in [-0.2, 0) is 0 Å². The Morgan fingerprint density at radius 1 is 1.32 bits per heavy atom. The first-order chi connectivity index (χ1) is 9.19. The number of methoxy groups -OCH3 is 1. The van der Waals surface area contributed by atoms with Gasteiger partial charge < -0.3 is 15.0 Å². The van der Waals surface area contributed by atoms with Crippen LogP contribution in [0.2, 0.25) is 0 Å². The Labute approximate surface area is 117 Å². The van der Waals surface area contributed by atoms with Crippen molar-refractivity contribution in [2.75, 3.05) is 32.1 Å². The van der Waals surface area contributed by atoms with E-state index in [1.807, 2.05) is 18.2 Å². The molecule has 1 N–H and O–H groups in total. The number of nitrogens with one attached hydrogen (secondary N) is 1. The van der Waals surface area contributed by atoms with Gasteiger partial charge in [-0.2, -0.15) is 4.98 Å². The van der Waals surface area contributed by atoms with E-state index in [-0.39, 0.29) is 0 Å². The third-order valence-electron chi connectivity index (χ3n) is 3.33. The molecule has 1 atom stereocenters. The quantitative estimate of drug-likeness (QED) is 0.745. The zero-order valence-electron chi connectivity index (χ0n) is 12.6. The van der Waals surface area contributed by atoms with E-state index >= 15 is 0 Å². The van der Waals surface area contributed by atoms with Crippen LogP contribution in [0.1, 0.15) is 33.6 Å². The monoisotopic (exact) mass is 265 g/mol. The SMILES string of the molecule is CCN(CC)CCCC(C)Nc1cccc(OC)n1. The minimum atomic E-state index is 0.426. The van der Waals surface area contributed by atoms with Gasteiger partial charge in [-0.25, -0.2) is 0 Å². The number of hydrogen-bond donors (Lipinski definition) is 1. The fourth-order valence-corrected chi connectivity index (χ4v) is 2.09. The van der Waals surface area contributed by atoms with Crippen LogP contribution < -0.4 is 10.1 Å². The van der Waals surface area contributed by atoms with Crippen LogP contribution in [0.5, 0.6) is 5.88 Å². The molecule has 0 saturated carbocycles. The van der Waals surface area contributed by atoms with Gasteiger partial charge >= 0.3 is 0 Å². The average molecular weight is 265 g/mol. The summed E-state index contributed by atoms with van der Waals surface area (Å²) < 4.78 is 5.12. The van der Waals surface area contributed by atoms with E-state index in [4.69, 9.17) is 4.74 Å². The fraction of sp³-hybridized carbons (Fsp3) is 0.667.